The van der Waals surface area contributed by atoms with E-state index in [9.17, 15) is 4.79 Å². The van der Waals surface area contributed by atoms with Crippen LogP contribution in [-0.2, 0) is 6.54 Å². The lowest BCUT2D eigenvalue weighted by Gasteiger charge is -2.26. The van der Waals surface area contributed by atoms with Crippen molar-refractivity contribution in [2.45, 2.75) is 32.3 Å². The monoisotopic (exact) mass is 345 g/mol. The van der Waals surface area contributed by atoms with Gasteiger partial charge in [-0.15, -0.1) is 0 Å². The van der Waals surface area contributed by atoms with E-state index >= 15 is 0 Å². The number of hydrogen-bond donors (Lipinski definition) is 2. The minimum absolute atomic E-state index is 0.0291. The smallest absolute Gasteiger partial charge is 0.317 e. The summed E-state index contributed by atoms with van der Waals surface area (Å²) < 4.78 is 1.94. The summed E-state index contributed by atoms with van der Waals surface area (Å²) in [6.45, 7) is 5.84. The molecule has 0 fully saturated rings. The number of hydrogen-bond acceptors (Lipinski definition) is 4. The first-order valence-electron chi connectivity index (χ1n) is 8.15. The van der Waals surface area contributed by atoms with E-state index in [-0.39, 0.29) is 11.5 Å². The minimum atomic E-state index is -0.158. The molecule has 0 bridgehead atoms. The second-order valence-corrected chi connectivity index (χ2v) is 7.24. The van der Waals surface area contributed by atoms with Crippen molar-refractivity contribution in [3.05, 3.63) is 47.9 Å². The van der Waals surface area contributed by atoms with Crippen LogP contribution in [0.3, 0.4) is 0 Å². The second kappa shape index (κ2) is 7.61. The van der Waals surface area contributed by atoms with Gasteiger partial charge in [0.1, 0.15) is 5.65 Å². The lowest BCUT2D eigenvalue weighted by molar-refractivity contribution is 0.228. The molecule has 3 rings (SSSR count). The van der Waals surface area contributed by atoms with Crippen molar-refractivity contribution >= 4 is 23.4 Å². The first kappa shape index (κ1) is 16.7. The van der Waals surface area contributed by atoms with E-state index in [1.54, 1.807) is 18.0 Å². The highest BCUT2D eigenvalue weighted by atomic mass is 32.2. The summed E-state index contributed by atoms with van der Waals surface area (Å²) in [5.74, 6) is 0.649. The predicted molar refractivity (Wildman–Crippen MR) is 97.2 cm³/mol. The highest BCUT2D eigenvalue weighted by molar-refractivity contribution is 8.02. The van der Waals surface area contributed by atoms with E-state index in [0.717, 1.165) is 24.2 Å². The van der Waals surface area contributed by atoms with Crippen LogP contribution in [0.4, 0.5) is 4.79 Å². The normalized spacial score (nSPS) is 17.0. The third kappa shape index (κ3) is 4.23. The van der Waals surface area contributed by atoms with Crippen LogP contribution in [0, 0.1) is 5.92 Å². The number of nitrogens with zero attached hydrogens (tertiary/aromatic N) is 3. The Balaban J connectivity index is 1.48. The quantitative estimate of drug-likeness (QED) is 0.845. The van der Waals surface area contributed by atoms with Gasteiger partial charge in [0, 0.05) is 37.9 Å². The van der Waals surface area contributed by atoms with Crippen molar-refractivity contribution in [3.63, 3.8) is 0 Å². The van der Waals surface area contributed by atoms with Crippen molar-refractivity contribution in [1.82, 2.24) is 24.9 Å². The van der Waals surface area contributed by atoms with Gasteiger partial charge >= 0.3 is 6.03 Å². The van der Waals surface area contributed by atoms with E-state index in [1.807, 2.05) is 40.5 Å². The molecule has 1 aliphatic rings. The second-order valence-electron chi connectivity index (χ2n) is 6.25. The Morgan fingerprint density at radius 3 is 3.12 bits per heavy atom. The van der Waals surface area contributed by atoms with Crippen molar-refractivity contribution in [3.8, 4) is 0 Å². The summed E-state index contributed by atoms with van der Waals surface area (Å²) in [5, 5.41) is 7.95. The summed E-state index contributed by atoms with van der Waals surface area (Å²) in [5.41, 5.74) is 1.88. The van der Waals surface area contributed by atoms with E-state index in [2.05, 4.69) is 34.4 Å². The molecule has 7 heteroatoms. The first-order chi connectivity index (χ1) is 11.6. The van der Waals surface area contributed by atoms with Crippen LogP contribution in [0.5, 0.6) is 0 Å². The number of pyridine rings is 1. The number of aromatic nitrogens is 2. The van der Waals surface area contributed by atoms with Crippen LogP contribution in [0.1, 0.15) is 25.8 Å². The molecule has 6 nitrogen and oxygen atoms in total. The molecule has 0 aromatic carbocycles. The van der Waals surface area contributed by atoms with Crippen molar-refractivity contribution < 1.29 is 4.79 Å². The summed E-state index contributed by atoms with van der Waals surface area (Å²) in [4.78, 5) is 18.6. The molecule has 2 N–H and O–H groups in total. The fraction of sp³-hybridized carbons (Fsp3) is 0.412. The number of carbonyl (C=O) groups excluding carboxylic acids is 1. The summed E-state index contributed by atoms with van der Waals surface area (Å²) in [6, 6.07) is 3.80. The highest BCUT2D eigenvalue weighted by Gasteiger charge is 2.21. The zero-order valence-corrected chi connectivity index (χ0v) is 14.8. The van der Waals surface area contributed by atoms with E-state index in [1.165, 1.54) is 0 Å². The molecule has 0 spiro atoms. The number of fused-ring (bicyclic) bond motifs is 1. The average molecular weight is 345 g/mol. The van der Waals surface area contributed by atoms with Crippen LogP contribution < -0.4 is 10.6 Å². The molecule has 0 aliphatic carbocycles. The molecule has 0 saturated heterocycles. The van der Waals surface area contributed by atoms with Crippen molar-refractivity contribution in [1.29, 1.82) is 0 Å². The summed E-state index contributed by atoms with van der Waals surface area (Å²) >= 11 is 1.62. The lowest BCUT2D eigenvalue weighted by atomic mass is 10.1. The summed E-state index contributed by atoms with van der Waals surface area (Å²) in [7, 11) is 0. The van der Waals surface area contributed by atoms with Crippen LogP contribution in [-0.4, -0.2) is 32.4 Å². The zero-order chi connectivity index (χ0) is 16.9. The molecule has 2 aromatic heterocycles. The number of rotatable bonds is 6. The molecule has 1 atom stereocenters. The topological polar surface area (TPSA) is 61.7 Å². The van der Waals surface area contributed by atoms with Gasteiger partial charge in [0.05, 0.1) is 0 Å². The molecule has 2 aromatic rings. The zero-order valence-electron chi connectivity index (χ0n) is 14.0. The van der Waals surface area contributed by atoms with Gasteiger partial charge in [0.2, 0.25) is 0 Å². The van der Waals surface area contributed by atoms with Crippen molar-refractivity contribution in [2.24, 2.45) is 5.92 Å². The third-order valence-electron chi connectivity index (χ3n) is 3.90. The van der Waals surface area contributed by atoms with Gasteiger partial charge in [0.15, 0.2) is 5.50 Å². The standard InChI is InChI=1S/C17H23N5OS/c1-13(2)3-6-22-9-10-24-17(22)20-16(23)19-12-14-4-7-21-8-5-18-15(21)11-14/h4-5,7-11,13,17H,3,6,12H2,1-2H3,(H2,19,20,23). The first-order valence-corrected chi connectivity index (χ1v) is 9.10. The van der Waals surface area contributed by atoms with E-state index < -0.39 is 0 Å². The fourth-order valence-electron chi connectivity index (χ4n) is 2.47. The molecular weight excluding hydrogens is 322 g/mol. The number of imidazole rings is 1. The van der Waals surface area contributed by atoms with E-state index in [4.69, 9.17) is 0 Å². The molecule has 1 aliphatic heterocycles. The molecule has 3 heterocycles. The Kier molecular flexibility index (Phi) is 5.30. The largest absolute Gasteiger partial charge is 0.348 e. The SMILES string of the molecule is CC(C)CCN1C=CSC1NC(=O)NCc1ccn2ccnc2c1. The molecule has 1 unspecified atom stereocenters. The Bertz CT molecular complexity index is 727. The van der Waals surface area contributed by atoms with Crippen LogP contribution >= 0.6 is 11.8 Å². The third-order valence-corrected chi connectivity index (χ3v) is 4.82. The van der Waals surface area contributed by atoms with E-state index in [0.29, 0.717) is 12.5 Å². The number of amides is 2. The van der Waals surface area contributed by atoms with Gasteiger partial charge in [0.25, 0.3) is 0 Å². The van der Waals surface area contributed by atoms with Crippen LogP contribution in [0.2, 0.25) is 0 Å². The number of urea groups is 1. The van der Waals surface area contributed by atoms with Gasteiger partial charge < -0.3 is 19.9 Å². The molecule has 24 heavy (non-hydrogen) atoms. The van der Waals surface area contributed by atoms with Crippen molar-refractivity contribution in [2.75, 3.05) is 6.54 Å². The van der Waals surface area contributed by atoms with Gasteiger partial charge in [-0.2, -0.15) is 0 Å². The van der Waals surface area contributed by atoms with Gasteiger partial charge in [-0.25, -0.2) is 9.78 Å². The number of carbonyl (C=O) groups is 1. The number of nitrogens with one attached hydrogen (secondary N) is 2. The lowest BCUT2D eigenvalue weighted by Crippen LogP contribution is -2.46. The summed E-state index contributed by atoms with van der Waals surface area (Å²) in [6.07, 6.45) is 8.76. The highest BCUT2D eigenvalue weighted by Crippen LogP contribution is 2.23. The molecule has 0 saturated carbocycles. The molecule has 2 amide bonds. The maximum absolute atomic E-state index is 12.2. The van der Waals surface area contributed by atoms with Crippen LogP contribution in [0.15, 0.2) is 42.3 Å². The number of thioether (sulfide) groups is 1. The van der Waals surface area contributed by atoms with Gasteiger partial charge in [-0.1, -0.05) is 25.6 Å². The van der Waals surface area contributed by atoms with Gasteiger partial charge in [-0.05, 0) is 35.4 Å². The molecule has 0 radical (unpaired) electrons. The van der Waals surface area contributed by atoms with Crippen LogP contribution in [0.25, 0.3) is 5.65 Å². The maximum atomic E-state index is 12.2. The predicted octanol–water partition coefficient (Wildman–Crippen LogP) is 2.98. The Labute approximate surface area is 146 Å². The molecule has 128 valence electrons. The molecular formula is C17H23N5OS. The maximum Gasteiger partial charge on any atom is 0.317 e. The Hall–Kier alpha value is -2.15. The van der Waals surface area contributed by atoms with Gasteiger partial charge in [-0.3, -0.25) is 0 Å². The average Bonchev–Trinajstić information content (AvgIpc) is 3.19. The Morgan fingerprint density at radius 2 is 2.29 bits per heavy atom. The minimum Gasteiger partial charge on any atom is -0.348 e. The fourth-order valence-corrected chi connectivity index (χ4v) is 3.35. The Morgan fingerprint density at radius 1 is 1.42 bits per heavy atom.